The fourth-order valence-electron chi connectivity index (χ4n) is 5.89. The van der Waals surface area contributed by atoms with E-state index in [0.29, 0.717) is 12.8 Å². The fraction of sp³-hybridized carbons (Fsp3) is 0.745. The maximum absolute atomic E-state index is 12.0. The van der Waals surface area contributed by atoms with Gasteiger partial charge in [0.2, 0.25) is 0 Å². The Hall–Kier alpha value is -2.40. The molecule has 0 aromatic heterocycles. The Morgan fingerprint density at radius 3 is 1.08 bits per heavy atom. The molecule has 0 aromatic carbocycles. The highest BCUT2D eigenvalue weighted by Gasteiger charge is 2.12. The molecule has 5 nitrogen and oxygen atoms in total. The highest BCUT2D eigenvalue weighted by Crippen LogP contribution is 2.13. The summed E-state index contributed by atoms with van der Waals surface area (Å²) < 4.78 is 10.3. The summed E-state index contributed by atoms with van der Waals surface area (Å²) >= 11 is 0. The summed E-state index contributed by atoms with van der Waals surface area (Å²) in [6.07, 6.45) is 55.6. The molecule has 1 atom stereocenters. The molecule has 1 N–H and O–H groups in total. The zero-order valence-corrected chi connectivity index (χ0v) is 34.1. The first kappa shape index (κ1) is 49.6. The predicted octanol–water partition coefficient (Wildman–Crippen LogP) is 14.0. The van der Waals surface area contributed by atoms with Crippen LogP contribution in [0.15, 0.2) is 60.8 Å². The molecule has 0 fully saturated rings. The van der Waals surface area contributed by atoms with Gasteiger partial charge in [-0.3, -0.25) is 9.59 Å². The Labute approximate surface area is 321 Å². The quantitative estimate of drug-likeness (QED) is 0.0388. The highest BCUT2D eigenvalue weighted by molar-refractivity contribution is 5.69. The van der Waals surface area contributed by atoms with E-state index in [-0.39, 0.29) is 25.2 Å². The average molecular weight is 727 g/mol. The van der Waals surface area contributed by atoms with Crippen LogP contribution in [0.1, 0.15) is 206 Å². The number of ether oxygens (including phenoxy) is 2. The van der Waals surface area contributed by atoms with E-state index < -0.39 is 6.10 Å². The molecule has 0 rings (SSSR count). The Bertz CT molecular complexity index is 915. The van der Waals surface area contributed by atoms with Gasteiger partial charge < -0.3 is 14.6 Å². The predicted molar refractivity (Wildman–Crippen MR) is 223 cm³/mol. The number of carbonyl (C=O) groups is 2. The van der Waals surface area contributed by atoms with Gasteiger partial charge in [-0.2, -0.15) is 0 Å². The van der Waals surface area contributed by atoms with Crippen LogP contribution in [0.25, 0.3) is 0 Å². The SMILES string of the molecule is CCCCC/C=C\C/C=C\C/C=C\C/C=C\CCCCCC(=O)OC[C@H](O)COC(=O)CCCCCCCCCCC/C=C\CCCCCCCC. The van der Waals surface area contributed by atoms with Crippen molar-refractivity contribution in [1.29, 1.82) is 0 Å². The largest absolute Gasteiger partial charge is 0.463 e. The summed E-state index contributed by atoms with van der Waals surface area (Å²) in [5.74, 6) is -0.602. The van der Waals surface area contributed by atoms with Gasteiger partial charge in [-0.25, -0.2) is 0 Å². The van der Waals surface area contributed by atoms with Crippen LogP contribution in [0.3, 0.4) is 0 Å². The van der Waals surface area contributed by atoms with E-state index in [1.165, 1.54) is 116 Å². The molecule has 0 aliphatic heterocycles. The number of carbonyl (C=O) groups excluding carboxylic acids is 2. The van der Waals surface area contributed by atoms with E-state index >= 15 is 0 Å². The molecule has 5 heteroatoms. The summed E-state index contributed by atoms with van der Waals surface area (Å²) in [5.41, 5.74) is 0. The van der Waals surface area contributed by atoms with Gasteiger partial charge in [-0.1, -0.05) is 171 Å². The van der Waals surface area contributed by atoms with Crippen LogP contribution in [0.5, 0.6) is 0 Å². The van der Waals surface area contributed by atoms with Crippen LogP contribution in [0.4, 0.5) is 0 Å². The number of hydrogen-bond donors (Lipinski definition) is 1. The van der Waals surface area contributed by atoms with Crippen LogP contribution in [0.2, 0.25) is 0 Å². The molecule has 0 heterocycles. The lowest BCUT2D eigenvalue weighted by molar-refractivity contribution is -0.152. The summed E-state index contributed by atoms with van der Waals surface area (Å²) in [4.78, 5) is 24.0. The van der Waals surface area contributed by atoms with E-state index in [2.05, 4.69) is 74.6 Å². The number of hydrogen-bond acceptors (Lipinski definition) is 5. The molecule has 52 heavy (non-hydrogen) atoms. The van der Waals surface area contributed by atoms with Crippen LogP contribution in [-0.2, 0) is 19.1 Å². The number of allylic oxidation sites excluding steroid dienone is 10. The third-order valence-electron chi connectivity index (χ3n) is 9.23. The van der Waals surface area contributed by atoms with Crippen LogP contribution in [-0.4, -0.2) is 36.4 Å². The molecule has 0 radical (unpaired) electrons. The molecule has 0 aromatic rings. The molecule has 0 aliphatic carbocycles. The second kappa shape index (κ2) is 43.0. The van der Waals surface area contributed by atoms with Crippen molar-refractivity contribution in [3.05, 3.63) is 60.8 Å². The van der Waals surface area contributed by atoms with Gasteiger partial charge >= 0.3 is 11.9 Å². The molecule has 300 valence electrons. The Morgan fingerprint density at radius 1 is 0.404 bits per heavy atom. The van der Waals surface area contributed by atoms with Crippen LogP contribution < -0.4 is 0 Å². The van der Waals surface area contributed by atoms with E-state index in [1.807, 2.05) is 0 Å². The minimum atomic E-state index is -0.980. The molecule has 0 unspecified atom stereocenters. The minimum Gasteiger partial charge on any atom is -0.463 e. The number of aliphatic hydroxyl groups is 1. The molecule has 0 saturated heterocycles. The lowest BCUT2D eigenvalue weighted by Crippen LogP contribution is -2.25. The molecular weight excluding hydrogens is 645 g/mol. The van der Waals surface area contributed by atoms with Crippen molar-refractivity contribution in [3.63, 3.8) is 0 Å². The second-order valence-corrected chi connectivity index (χ2v) is 14.5. The van der Waals surface area contributed by atoms with Crippen LogP contribution in [0, 0.1) is 0 Å². The van der Waals surface area contributed by atoms with Crippen molar-refractivity contribution in [3.8, 4) is 0 Å². The maximum Gasteiger partial charge on any atom is 0.305 e. The molecule has 0 saturated carbocycles. The van der Waals surface area contributed by atoms with Gasteiger partial charge in [-0.15, -0.1) is 0 Å². The summed E-state index contributed by atoms with van der Waals surface area (Å²) in [5, 5.41) is 10.0. The number of esters is 2. The molecule has 0 aliphatic rings. The van der Waals surface area contributed by atoms with Crippen molar-refractivity contribution in [2.45, 2.75) is 213 Å². The van der Waals surface area contributed by atoms with Gasteiger partial charge in [0.1, 0.15) is 19.3 Å². The van der Waals surface area contributed by atoms with Crippen molar-refractivity contribution >= 4 is 11.9 Å². The number of rotatable bonds is 39. The standard InChI is InChI=1S/C47H82O5/c1-3-5-7-9-11-13-15-17-19-21-23-25-27-29-31-33-35-37-39-41-46(49)51-43-45(48)44-52-47(50)42-40-38-36-34-32-30-28-26-24-22-20-18-16-14-12-10-8-6-4-2/h11,13,17-20,23,25,29,31,45,48H,3-10,12,14-16,21-22,24,26-28,30,32-44H2,1-2H3/b13-11-,19-17-,20-18-,25-23-,31-29-/t45-/m0/s1. The van der Waals surface area contributed by atoms with Crippen molar-refractivity contribution < 1.29 is 24.2 Å². The summed E-state index contributed by atoms with van der Waals surface area (Å²) in [6, 6.07) is 0. The molecule has 0 bridgehead atoms. The molecule has 0 amide bonds. The average Bonchev–Trinajstić information content (AvgIpc) is 3.15. The topological polar surface area (TPSA) is 72.8 Å². The first-order valence-electron chi connectivity index (χ1n) is 21.8. The normalized spacial score (nSPS) is 12.8. The third-order valence-corrected chi connectivity index (χ3v) is 9.23. The summed E-state index contributed by atoms with van der Waals surface area (Å²) in [6.45, 7) is 4.24. The van der Waals surface area contributed by atoms with Gasteiger partial charge in [0.25, 0.3) is 0 Å². The first-order chi connectivity index (χ1) is 25.6. The van der Waals surface area contributed by atoms with Crippen LogP contribution >= 0.6 is 0 Å². The minimum absolute atomic E-state index is 0.129. The molecular formula is C47H82O5. The highest BCUT2D eigenvalue weighted by atomic mass is 16.6. The third kappa shape index (κ3) is 42.0. The van der Waals surface area contributed by atoms with Gasteiger partial charge in [-0.05, 0) is 83.5 Å². The van der Waals surface area contributed by atoms with Crippen molar-refractivity contribution in [1.82, 2.24) is 0 Å². The second-order valence-electron chi connectivity index (χ2n) is 14.5. The number of unbranched alkanes of at least 4 members (excludes halogenated alkanes) is 21. The van der Waals surface area contributed by atoms with Crippen molar-refractivity contribution in [2.24, 2.45) is 0 Å². The smallest absolute Gasteiger partial charge is 0.305 e. The fourth-order valence-corrected chi connectivity index (χ4v) is 5.89. The van der Waals surface area contributed by atoms with E-state index in [4.69, 9.17) is 9.47 Å². The number of aliphatic hydroxyl groups excluding tert-OH is 1. The van der Waals surface area contributed by atoms with E-state index in [9.17, 15) is 14.7 Å². The Morgan fingerprint density at radius 2 is 0.673 bits per heavy atom. The van der Waals surface area contributed by atoms with Gasteiger partial charge in [0.15, 0.2) is 0 Å². The van der Waals surface area contributed by atoms with Gasteiger partial charge in [0, 0.05) is 12.8 Å². The first-order valence-corrected chi connectivity index (χ1v) is 21.8. The maximum atomic E-state index is 12.0. The molecule has 0 spiro atoms. The Balaban J connectivity index is 3.50. The van der Waals surface area contributed by atoms with E-state index in [1.54, 1.807) is 0 Å². The van der Waals surface area contributed by atoms with Crippen molar-refractivity contribution in [2.75, 3.05) is 13.2 Å². The lowest BCUT2D eigenvalue weighted by Gasteiger charge is -2.12. The van der Waals surface area contributed by atoms with E-state index in [0.717, 1.165) is 64.2 Å². The zero-order valence-electron chi connectivity index (χ0n) is 34.1. The lowest BCUT2D eigenvalue weighted by atomic mass is 10.1. The monoisotopic (exact) mass is 727 g/mol. The van der Waals surface area contributed by atoms with Gasteiger partial charge in [0.05, 0.1) is 0 Å². The Kier molecular flexibility index (Phi) is 41.0. The zero-order chi connectivity index (χ0) is 37.8. The summed E-state index contributed by atoms with van der Waals surface area (Å²) in [7, 11) is 0.